The van der Waals surface area contributed by atoms with E-state index in [9.17, 15) is 0 Å². The van der Waals surface area contributed by atoms with Crippen LogP contribution in [0.2, 0.25) is 0 Å². The number of nitrogens with zero attached hydrogens (tertiary/aromatic N) is 13. The SMILES string of the molecule is Cc1ccon1.Cc1ccsn1.Cc1cnc[nH]1.Cc1cnoc1.Cc1cnsc1.Cc1csnn1.Cc1ncn[nH]1.Cc1ncon1.Cc1ncsn1. The van der Waals surface area contributed by atoms with E-state index in [0.29, 0.717) is 5.82 Å². The van der Waals surface area contributed by atoms with E-state index in [0.717, 1.165) is 40.0 Å². The Kier molecular flexibility index (Phi) is 26.5. The van der Waals surface area contributed by atoms with Crippen LogP contribution in [0.5, 0.6) is 0 Å². The van der Waals surface area contributed by atoms with E-state index < -0.39 is 0 Å². The summed E-state index contributed by atoms with van der Waals surface area (Å²) in [5.74, 6) is 2.39. The largest absolute Gasteiger partial charge is 0.365 e. The van der Waals surface area contributed by atoms with Crippen LogP contribution in [-0.4, -0.2) is 73.3 Å². The van der Waals surface area contributed by atoms with Crippen LogP contribution >= 0.6 is 46.1 Å². The molecule has 0 amide bonds. The molecule has 9 rings (SSSR count). The Bertz CT molecular complexity index is 1470. The molecule has 9 aromatic rings. The maximum atomic E-state index is 4.46. The fourth-order valence-corrected chi connectivity index (χ4v) is 4.24. The van der Waals surface area contributed by atoms with Crippen LogP contribution in [0, 0.1) is 62.3 Å². The lowest BCUT2D eigenvalue weighted by atomic mass is 10.4. The highest BCUT2D eigenvalue weighted by molar-refractivity contribution is 7.04. The standard InChI is InChI=1S/C4H6N2.2C4H5NO.2C4H5NS.C3H5N3.C3H4N2O.2C3H4N2S/c1-4-2-5-3-6-4;1-4-2-5-6-3-4;1-4-2-3-6-5-4;1-4-2-5-6-3-4;1-4-2-3-6-5-4;1-3-4-2-5-6-3;2*1-3-4-2-6-5-3;1-3-2-6-5-4-3/h2-3H,1H3,(H,5,6);4*2-3H,1H3;2H,1H3,(H,4,5,6);3*2H,1H3. The zero-order chi connectivity index (χ0) is 39.7. The first-order valence-corrected chi connectivity index (χ1v) is 18.8. The summed E-state index contributed by atoms with van der Waals surface area (Å²) in [5.41, 5.74) is 8.18. The second-order valence-corrected chi connectivity index (χ2v) is 12.5. The molecule has 0 saturated heterocycles. The number of aryl methyl sites for hydroxylation is 9. The molecule has 0 fully saturated rings. The van der Waals surface area contributed by atoms with Crippen LogP contribution in [0.15, 0.2) is 97.5 Å². The van der Waals surface area contributed by atoms with Crippen molar-refractivity contribution >= 4 is 46.1 Å². The lowest BCUT2D eigenvalue weighted by molar-refractivity contribution is 0.412. The highest BCUT2D eigenvalue weighted by atomic mass is 32.1. The van der Waals surface area contributed by atoms with Crippen molar-refractivity contribution in [3.63, 3.8) is 0 Å². The number of H-pyrrole nitrogens is 2. The van der Waals surface area contributed by atoms with Gasteiger partial charge in [-0.25, -0.2) is 19.3 Å². The first-order chi connectivity index (χ1) is 26.0. The Morgan fingerprint density at radius 1 is 0.667 bits per heavy atom. The fourth-order valence-electron chi connectivity index (χ4n) is 2.31. The lowest BCUT2D eigenvalue weighted by Crippen LogP contribution is -1.68. The maximum Gasteiger partial charge on any atom is 0.213 e. The Morgan fingerprint density at radius 3 is 1.67 bits per heavy atom. The van der Waals surface area contributed by atoms with Crippen molar-refractivity contribution in [2.75, 3.05) is 0 Å². The molecular weight excluding hydrogens is 771 g/mol. The third-order valence-electron chi connectivity index (χ3n) is 4.83. The van der Waals surface area contributed by atoms with Crippen LogP contribution in [0.3, 0.4) is 0 Å². The molecule has 0 aliphatic heterocycles. The van der Waals surface area contributed by atoms with Gasteiger partial charge in [-0.05, 0) is 120 Å². The minimum absolute atomic E-state index is 0.676. The maximum absolute atomic E-state index is 4.46. The van der Waals surface area contributed by atoms with E-state index in [4.69, 9.17) is 0 Å². The predicted molar refractivity (Wildman–Crippen MR) is 209 cm³/mol. The number of rotatable bonds is 0. The minimum Gasteiger partial charge on any atom is -0.365 e. The number of hydrogen-bond donors (Lipinski definition) is 2. The van der Waals surface area contributed by atoms with Gasteiger partial charge in [0.25, 0.3) is 0 Å². The van der Waals surface area contributed by atoms with E-state index in [1.807, 2.05) is 83.8 Å². The van der Waals surface area contributed by atoms with Gasteiger partial charge in [-0.15, -0.1) is 5.10 Å². The summed E-state index contributed by atoms with van der Waals surface area (Å²) >= 11 is 5.74. The molecule has 0 radical (unpaired) electrons. The highest BCUT2D eigenvalue weighted by Gasteiger charge is 1.82. The van der Waals surface area contributed by atoms with E-state index in [2.05, 4.69) is 86.9 Å². The summed E-state index contributed by atoms with van der Waals surface area (Å²) < 4.78 is 28.6. The molecule has 0 spiro atoms. The third-order valence-corrected chi connectivity index (χ3v) is 7.37. The van der Waals surface area contributed by atoms with Crippen molar-refractivity contribution in [2.24, 2.45) is 0 Å². The molecule has 0 aromatic carbocycles. The van der Waals surface area contributed by atoms with E-state index in [-0.39, 0.29) is 0 Å². The molecule has 0 aliphatic carbocycles. The van der Waals surface area contributed by atoms with Gasteiger partial charge >= 0.3 is 0 Å². The molecule has 18 nitrogen and oxygen atoms in total. The number of hydrogen-bond acceptors (Lipinski definition) is 20. The van der Waals surface area contributed by atoms with Gasteiger partial charge in [-0.3, -0.25) is 5.10 Å². The van der Waals surface area contributed by atoms with Crippen molar-refractivity contribution in [3.05, 3.63) is 135 Å². The van der Waals surface area contributed by atoms with Gasteiger partial charge in [0.05, 0.1) is 29.6 Å². The molecule has 0 saturated carbocycles. The Labute approximate surface area is 329 Å². The molecule has 0 bridgehead atoms. The first-order valence-electron chi connectivity index (χ1n) is 15.5. The zero-order valence-electron chi connectivity index (χ0n) is 31.3. The molecule has 0 aliphatic rings. The number of nitrogens with one attached hydrogen (secondary N) is 2. The summed E-state index contributed by atoms with van der Waals surface area (Å²) in [5, 5.41) is 26.2. The Hall–Kier alpha value is -5.71. The van der Waals surface area contributed by atoms with Gasteiger partial charge < -0.3 is 18.6 Å². The summed E-state index contributed by atoms with van der Waals surface area (Å²) in [6, 6.07) is 3.80. The van der Waals surface area contributed by atoms with Gasteiger partial charge in [-0.2, -0.15) is 18.8 Å². The lowest BCUT2D eigenvalue weighted by Gasteiger charge is -1.67. The van der Waals surface area contributed by atoms with Crippen molar-refractivity contribution in [1.82, 2.24) is 73.3 Å². The monoisotopic (exact) mass is 813 g/mol. The van der Waals surface area contributed by atoms with E-state index in [1.54, 1.807) is 49.7 Å². The average Bonchev–Trinajstić information content (AvgIpc) is 3.98. The molecular formula is C32H43N15O3S4. The van der Waals surface area contributed by atoms with Gasteiger partial charge in [0, 0.05) is 45.9 Å². The molecule has 0 unspecified atom stereocenters. The highest BCUT2D eigenvalue weighted by Crippen LogP contribution is 1.96. The van der Waals surface area contributed by atoms with Gasteiger partial charge in [-0.1, -0.05) is 20.0 Å². The van der Waals surface area contributed by atoms with Gasteiger partial charge in [0.2, 0.25) is 6.39 Å². The molecule has 288 valence electrons. The van der Waals surface area contributed by atoms with Crippen molar-refractivity contribution in [2.45, 2.75) is 62.3 Å². The zero-order valence-corrected chi connectivity index (χ0v) is 34.5. The van der Waals surface area contributed by atoms with Crippen LogP contribution in [0.4, 0.5) is 0 Å². The third kappa shape index (κ3) is 28.9. The van der Waals surface area contributed by atoms with Crippen molar-refractivity contribution < 1.29 is 13.6 Å². The molecule has 9 aromatic heterocycles. The molecule has 54 heavy (non-hydrogen) atoms. The van der Waals surface area contributed by atoms with Crippen LogP contribution in [0.1, 0.15) is 51.4 Å². The van der Waals surface area contributed by atoms with Gasteiger partial charge in [0.1, 0.15) is 36.0 Å². The summed E-state index contributed by atoms with van der Waals surface area (Å²) in [4.78, 5) is 17.9. The molecule has 0 atom stereocenters. The predicted octanol–water partition coefficient (Wildman–Crippen LogP) is 7.77. The average molecular weight is 814 g/mol. The van der Waals surface area contributed by atoms with Gasteiger partial charge in [0.15, 0.2) is 5.82 Å². The number of aromatic amines is 2. The first kappa shape index (κ1) is 46.3. The van der Waals surface area contributed by atoms with Crippen LogP contribution in [0.25, 0.3) is 0 Å². The van der Waals surface area contributed by atoms with Crippen LogP contribution < -0.4 is 0 Å². The second-order valence-electron chi connectivity index (χ2n) is 9.99. The Balaban J connectivity index is 0.000000304. The van der Waals surface area contributed by atoms with E-state index >= 15 is 0 Å². The van der Waals surface area contributed by atoms with Crippen LogP contribution in [-0.2, 0) is 0 Å². The topological polar surface area (TPSA) is 239 Å². The van der Waals surface area contributed by atoms with Crippen molar-refractivity contribution in [3.8, 4) is 0 Å². The normalized spacial score (nSPS) is 8.83. The molecule has 2 N–H and O–H groups in total. The Morgan fingerprint density at radius 2 is 1.50 bits per heavy atom. The summed E-state index contributed by atoms with van der Waals surface area (Å²) in [6.07, 6.45) is 12.9. The van der Waals surface area contributed by atoms with Crippen molar-refractivity contribution in [1.29, 1.82) is 0 Å². The molecule has 22 heteroatoms. The fraction of sp³-hybridized carbons (Fsp3) is 0.281. The second kappa shape index (κ2) is 30.9. The van der Waals surface area contributed by atoms with E-state index in [1.165, 1.54) is 64.4 Å². The molecule has 9 heterocycles. The minimum atomic E-state index is 0.676. The number of imidazole rings is 1. The summed E-state index contributed by atoms with van der Waals surface area (Å²) in [6.45, 7) is 17.2. The number of aromatic nitrogens is 15. The smallest absolute Gasteiger partial charge is 0.213 e. The summed E-state index contributed by atoms with van der Waals surface area (Å²) in [7, 11) is 0. The quantitative estimate of drug-likeness (QED) is 0.149.